The van der Waals surface area contributed by atoms with Gasteiger partial charge < -0.3 is 9.64 Å². The summed E-state index contributed by atoms with van der Waals surface area (Å²) >= 11 is 5.87. The van der Waals surface area contributed by atoms with E-state index in [4.69, 9.17) is 22.3 Å². The van der Waals surface area contributed by atoms with Gasteiger partial charge in [-0.1, -0.05) is 11.6 Å². The molecule has 2 rings (SSSR count). The van der Waals surface area contributed by atoms with Crippen LogP contribution in [0.5, 0.6) is 0 Å². The van der Waals surface area contributed by atoms with Gasteiger partial charge in [0.2, 0.25) is 15.0 Å². The number of benzene rings is 1. The van der Waals surface area contributed by atoms with E-state index in [1.54, 1.807) is 6.07 Å². The molecule has 0 N–H and O–H groups in total. The quantitative estimate of drug-likeness (QED) is 0.602. The van der Waals surface area contributed by atoms with Crippen molar-refractivity contribution in [2.75, 3.05) is 24.3 Å². The summed E-state index contributed by atoms with van der Waals surface area (Å²) in [4.78, 5) is 25.3. The zero-order valence-electron chi connectivity index (χ0n) is 11.6. The highest BCUT2D eigenvalue weighted by molar-refractivity contribution is 8.13. The summed E-state index contributed by atoms with van der Waals surface area (Å²) in [5, 5.41) is 0.329. The fourth-order valence-corrected chi connectivity index (χ4v) is 3.92. The smallest absolute Gasteiger partial charge is 0.340 e. The Morgan fingerprint density at radius 2 is 2.14 bits per heavy atom. The zero-order chi connectivity index (χ0) is 16.5. The predicted octanol–water partition coefficient (Wildman–Crippen LogP) is 2.05. The lowest BCUT2D eigenvalue weighted by Crippen LogP contribution is -2.27. The average molecular weight is 366 g/mol. The first-order valence-electron chi connectivity index (χ1n) is 6.32. The Balaban J connectivity index is 2.32. The summed E-state index contributed by atoms with van der Waals surface area (Å²) in [6.07, 6.45) is 0.0508. The number of ether oxygens (including phenoxy) is 1. The van der Waals surface area contributed by atoms with E-state index in [9.17, 15) is 18.0 Å². The topological polar surface area (TPSA) is 80.8 Å². The summed E-state index contributed by atoms with van der Waals surface area (Å²) < 4.78 is 27.0. The second kappa shape index (κ2) is 6.44. The van der Waals surface area contributed by atoms with Crippen molar-refractivity contribution in [1.29, 1.82) is 0 Å². The minimum absolute atomic E-state index is 0.0508. The van der Waals surface area contributed by atoms with Gasteiger partial charge in [-0.3, -0.25) is 4.79 Å². The van der Waals surface area contributed by atoms with E-state index in [-0.39, 0.29) is 30.2 Å². The Hall–Kier alpha value is -1.31. The fourth-order valence-electron chi connectivity index (χ4n) is 2.42. The van der Waals surface area contributed by atoms with Gasteiger partial charge in [0.1, 0.15) is 0 Å². The highest BCUT2D eigenvalue weighted by Gasteiger charge is 2.35. The highest BCUT2D eigenvalue weighted by atomic mass is 35.7. The van der Waals surface area contributed by atoms with Gasteiger partial charge in [-0.05, 0) is 18.2 Å². The molecule has 1 aliphatic rings. The molecule has 1 aromatic rings. The molecule has 0 aromatic heterocycles. The number of hydrogen-bond acceptors (Lipinski definition) is 5. The summed E-state index contributed by atoms with van der Waals surface area (Å²) in [6, 6.07) is 4.48. The van der Waals surface area contributed by atoms with Crippen molar-refractivity contribution in [3.63, 3.8) is 0 Å². The van der Waals surface area contributed by atoms with Gasteiger partial charge >= 0.3 is 5.97 Å². The monoisotopic (exact) mass is 365 g/mol. The van der Waals surface area contributed by atoms with Crippen LogP contribution >= 0.6 is 22.3 Å². The van der Waals surface area contributed by atoms with Gasteiger partial charge in [-0.15, -0.1) is 0 Å². The van der Waals surface area contributed by atoms with E-state index in [2.05, 4.69) is 4.74 Å². The maximum atomic E-state index is 12.1. The molecule has 22 heavy (non-hydrogen) atoms. The third kappa shape index (κ3) is 3.91. The average Bonchev–Trinajstić information content (AvgIpc) is 2.76. The largest absolute Gasteiger partial charge is 0.465 e. The molecule has 1 atom stereocenters. The van der Waals surface area contributed by atoms with Gasteiger partial charge in [0, 0.05) is 34.6 Å². The van der Waals surface area contributed by atoms with Gasteiger partial charge in [0.25, 0.3) is 0 Å². The second-order valence-corrected chi connectivity index (χ2v) is 8.19. The van der Waals surface area contributed by atoms with E-state index < -0.39 is 20.9 Å². The van der Waals surface area contributed by atoms with E-state index in [0.29, 0.717) is 10.7 Å². The molecule has 1 aromatic carbocycles. The normalized spacial score (nSPS) is 18.6. The highest BCUT2D eigenvalue weighted by Crippen LogP contribution is 2.31. The number of hydrogen-bond donors (Lipinski definition) is 0. The minimum atomic E-state index is -3.69. The van der Waals surface area contributed by atoms with Crippen molar-refractivity contribution in [1.82, 2.24) is 0 Å². The molecule has 0 aliphatic carbocycles. The maximum Gasteiger partial charge on any atom is 0.340 e. The molecular weight excluding hydrogens is 353 g/mol. The molecule has 0 saturated carbocycles. The SMILES string of the molecule is COC(=O)c1cc(Cl)ccc1N1CC(CS(=O)(=O)Cl)CC1=O. The lowest BCUT2D eigenvalue weighted by molar-refractivity contribution is -0.117. The van der Waals surface area contributed by atoms with Crippen LogP contribution in [0.3, 0.4) is 0 Å². The van der Waals surface area contributed by atoms with Gasteiger partial charge in [0.05, 0.1) is 24.1 Å². The third-order valence-electron chi connectivity index (χ3n) is 3.29. The molecule has 0 bridgehead atoms. The number of anilines is 1. The Morgan fingerprint density at radius 1 is 1.45 bits per heavy atom. The second-order valence-electron chi connectivity index (χ2n) is 4.93. The summed E-state index contributed by atoms with van der Waals surface area (Å²) in [5.74, 6) is -1.62. The van der Waals surface area contributed by atoms with E-state index in [1.165, 1.54) is 24.1 Å². The van der Waals surface area contributed by atoms with Crippen LogP contribution in [0.4, 0.5) is 5.69 Å². The molecule has 1 fully saturated rings. The Labute approximate surface area is 137 Å². The van der Waals surface area contributed by atoms with Crippen molar-refractivity contribution in [3.8, 4) is 0 Å². The standard InChI is InChI=1S/C13H13Cl2NO5S/c1-21-13(18)10-5-9(14)2-3-11(10)16-6-8(4-12(16)17)7-22(15,19)20/h2-3,5,8H,4,6-7H2,1H3. The molecule has 0 spiro atoms. The molecule has 1 unspecified atom stereocenters. The van der Waals surface area contributed by atoms with Crippen LogP contribution < -0.4 is 4.90 Å². The fraction of sp³-hybridized carbons (Fsp3) is 0.385. The van der Waals surface area contributed by atoms with Crippen molar-refractivity contribution >= 4 is 48.9 Å². The van der Waals surface area contributed by atoms with E-state index in [1.807, 2.05) is 0 Å². The zero-order valence-corrected chi connectivity index (χ0v) is 13.9. The molecule has 1 saturated heterocycles. The Kier molecular flexibility index (Phi) is 4.99. The summed E-state index contributed by atoms with van der Waals surface area (Å²) in [7, 11) is 2.76. The number of carbonyl (C=O) groups is 2. The number of methoxy groups -OCH3 is 1. The number of esters is 1. The van der Waals surface area contributed by atoms with E-state index >= 15 is 0 Å². The van der Waals surface area contributed by atoms with Crippen LogP contribution in [0.1, 0.15) is 16.8 Å². The number of carbonyl (C=O) groups excluding carboxylic acids is 2. The molecule has 1 amide bonds. The van der Waals surface area contributed by atoms with Gasteiger partial charge in [-0.25, -0.2) is 13.2 Å². The lowest BCUT2D eigenvalue weighted by Gasteiger charge is -2.19. The third-order valence-corrected chi connectivity index (χ3v) is 4.78. The van der Waals surface area contributed by atoms with Crippen LogP contribution in [0.25, 0.3) is 0 Å². The maximum absolute atomic E-state index is 12.1. The molecule has 120 valence electrons. The molecular formula is C13H13Cl2NO5S. The van der Waals surface area contributed by atoms with Crippen molar-refractivity contribution in [3.05, 3.63) is 28.8 Å². The van der Waals surface area contributed by atoms with Crippen LogP contribution in [0.2, 0.25) is 5.02 Å². The summed E-state index contributed by atoms with van der Waals surface area (Å²) in [5.41, 5.74) is 0.494. The predicted molar refractivity (Wildman–Crippen MR) is 82.9 cm³/mol. The first-order valence-corrected chi connectivity index (χ1v) is 9.17. The lowest BCUT2D eigenvalue weighted by atomic mass is 10.1. The molecule has 0 radical (unpaired) electrons. The Morgan fingerprint density at radius 3 is 2.73 bits per heavy atom. The number of amides is 1. The van der Waals surface area contributed by atoms with Crippen LogP contribution in [-0.2, 0) is 18.6 Å². The van der Waals surface area contributed by atoms with Crippen LogP contribution in [0.15, 0.2) is 18.2 Å². The van der Waals surface area contributed by atoms with Crippen LogP contribution in [-0.4, -0.2) is 39.7 Å². The van der Waals surface area contributed by atoms with Gasteiger partial charge in [0.15, 0.2) is 0 Å². The first-order chi connectivity index (χ1) is 10.2. The summed E-state index contributed by atoms with van der Waals surface area (Å²) in [6.45, 7) is 0.163. The van der Waals surface area contributed by atoms with Crippen molar-refractivity contribution < 1.29 is 22.7 Å². The first kappa shape index (κ1) is 17.1. The molecule has 6 nitrogen and oxygen atoms in total. The minimum Gasteiger partial charge on any atom is -0.465 e. The van der Waals surface area contributed by atoms with Crippen molar-refractivity contribution in [2.24, 2.45) is 5.92 Å². The molecule has 1 heterocycles. The van der Waals surface area contributed by atoms with E-state index in [0.717, 1.165) is 0 Å². The molecule has 1 aliphatic heterocycles. The number of rotatable bonds is 4. The van der Waals surface area contributed by atoms with Crippen LogP contribution in [0, 0.1) is 5.92 Å². The Bertz CT molecular complexity index is 719. The number of nitrogens with zero attached hydrogens (tertiary/aromatic N) is 1. The van der Waals surface area contributed by atoms with Crippen molar-refractivity contribution in [2.45, 2.75) is 6.42 Å². The van der Waals surface area contributed by atoms with Gasteiger partial charge in [-0.2, -0.15) is 0 Å². The number of halogens is 2. The molecule has 9 heteroatoms.